The molecule has 176 valence electrons. The maximum Gasteiger partial charge on any atom is 0.417 e. The highest BCUT2D eigenvalue weighted by atomic mass is 35.5. The van der Waals surface area contributed by atoms with Crippen LogP contribution in [0.3, 0.4) is 0 Å². The second-order valence-electron chi connectivity index (χ2n) is 7.21. The van der Waals surface area contributed by atoms with E-state index in [1.54, 1.807) is 37.3 Å². The fourth-order valence-corrected chi connectivity index (χ4v) is 3.61. The van der Waals surface area contributed by atoms with Gasteiger partial charge in [0, 0.05) is 29.3 Å². The van der Waals surface area contributed by atoms with Crippen LogP contribution >= 0.6 is 23.2 Å². The minimum absolute atomic E-state index is 0.0982. The lowest BCUT2D eigenvalue weighted by Gasteiger charge is -2.28. The van der Waals surface area contributed by atoms with Crippen molar-refractivity contribution in [2.45, 2.75) is 25.1 Å². The van der Waals surface area contributed by atoms with E-state index in [0.29, 0.717) is 6.20 Å². The molecule has 0 spiro atoms. The second kappa shape index (κ2) is 10.3. The van der Waals surface area contributed by atoms with E-state index in [1.807, 2.05) is 6.07 Å². The van der Waals surface area contributed by atoms with E-state index in [-0.39, 0.29) is 40.3 Å². The van der Waals surface area contributed by atoms with Gasteiger partial charge in [0.05, 0.1) is 17.2 Å². The van der Waals surface area contributed by atoms with Gasteiger partial charge in [-0.3, -0.25) is 4.79 Å². The predicted octanol–water partition coefficient (Wildman–Crippen LogP) is 6.55. The van der Waals surface area contributed by atoms with Gasteiger partial charge in [0.25, 0.3) is 5.60 Å². The van der Waals surface area contributed by atoms with E-state index in [1.165, 1.54) is 12.1 Å². The van der Waals surface area contributed by atoms with Gasteiger partial charge in [-0.1, -0.05) is 47.5 Å². The molecule has 5 nitrogen and oxygen atoms in total. The second-order valence-corrected chi connectivity index (χ2v) is 8.03. The van der Waals surface area contributed by atoms with Crippen molar-refractivity contribution >= 4 is 29.0 Å². The van der Waals surface area contributed by atoms with Gasteiger partial charge >= 0.3 is 6.18 Å². The molecule has 1 atom stereocenters. The number of halogens is 5. The summed E-state index contributed by atoms with van der Waals surface area (Å²) in [6.07, 6.45) is -4.23. The fourth-order valence-electron chi connectivity index (χ4n) is 3.06. The van der Waals surface area contributed by atoms with Gasteiger partial charge in [0.2, 0.25) is 5.88 Å². The molecular weight excluding hydrogens is 492 g/mol. The molecule has 0 N–H and O–H groups in total. The van der Waals surface area contributed by atoms with Crippen LogP contribution in [0, 0.1) is 18.3 Å². The minimum Gasteiger partial charge on any atom is -0.477 e. The van der Waals surface area contributed by atoms with Crippen LogP contribution in [-0.2, 0) is 16.6 Å². The summed E-state index contributed by atoms with van der Waals surface area (Å²) in [6, 6.07) is 14.9. The van der Waals surface area contributed by atoms with Gasteiger partial charge in [-0.2, -0.15) is 18.4 Å². The number of aromatic nitrogens is 1. The van der Waals surface area contributed by atoms with Crippen molar-refractivity contribution in [3.05, 3.63) is 87.5 Å². The van der Waals surface area contributed by atoms with Crippen molar-refractivity contribution < 1.29 is 27.4 Å². The molecule has 0 saturated heterocycles. The van der Waals surface area contributed by atoms with Crippen LogP contribution in [-0.4, -0.2) is 17.4 Å². The van der Waals surface area contributed by atoms with E-state index in [9.17, 15) is 23.2 Å². The summed E-state index contributed by atoms with van der Waals surface area (Å²) in [7, 11) is 0. The fraction of sp³-hybridized carbons (Fsp3) is 0.208. The number of ether oxygens (including phenoxy) is 2. The van der Waals surface area contributed by atoms with Crippen LogP contribution in [0.15, 0.2) is 60.8 Å². The summed E-state index contributed by atoms with van der Waals surface area (Å²) in [5.41, 5.74) is -2.14. The van der Waals surface area contributed by atoms with Gasteiger partial charge in [0.15, 0.2) is 5.78 Å². The number of para-hydroxylation sites is 1. The first kappa shape index (κ1) is 25.3. The number of ketones is 1. The molecule has 10 heteroatoms. The number of carbonyl (C=O) groups is 1. The van der Waals surface area contributed by atoms with Gasteiger partial charge in [-0.15, -0.1) is 0 Å². The molecule has 34 heavy (non-hydrogen) atoms. The molecule has 0 aliphatic carbocycles. The molecule has 1 aromatic heterocycles. The van der Waals surface area contributed by atoms with Gasteiger partial charge in [0.1, 0.15) is 11.8 Å². The maximum atomic E-state index is 13.3. The summed E-state index contributed by atoms with van der Waals surface area (Å²) in [6.45, 7) is 1.53. The standard InChI is InChI=1S/C24H17Cl2F3N2O3/c1-15-6-8-17(19(26)12-15)23(14-30,34-20-5-3-2-4-18(20)25)21(32)10-11-33-22-9-7-16(13-31-22)24(27,28)29/h2-9,12-13H,10-11H2,1H3. The van der Waals surface area contributed by atoms with Crippen molar-refractivity contribution in [2.24, 2.45) is 0 Å². The summed E-state index contributed by atoms with van der Waals surface area (Å²) < 4.78 is 49.3. The number of rotatable bonds is 8. The highest BCUT2D eigenvalue weighted by Gasteiger charge is 2.45. The number of benzene rings is 2. The summed E-state index contributed by atoms with van der Waals surface area (Å²) in [5.74, 6) is -0.697. The maximum absolute atomic E-state index is 13.3. The first-order valence-corrected chi connectivity index (χ1v) is 10.6. The SMILES string of the molecule is Cc1ccc(C(C#N)(Oc2ccccc2Cl)C(=O)CCOc2ccc(C(F)(F)F)cn2)c(Cl)c1. The highest BCUT2D eigenvalue weighted by Crippen LogP contribution is 2.37. The molecule has 0 radical (unpaired) electrons. The van der Waals surface area contributed by atoms with E-state index in [4.69, 9.17) is 32.7 Å². The Bertz CT molecular complexity index is 1230. The first-order chi connectivity index (χ1) is 16.1. The highest BCUT2D eigenvalue weighted by molar-refractivity contribution is 6.32. The summed E-state index contributed by atoms with van der Waals surface area (Å²) >= 11 is 12.6. The van der Waals surface area contributed by atoms with Crippen molar-refractivity contribution in [1.29, 1.82) is 5.26 Å². The molecule has 3 rings (SSSR count). The number of aryl methyl sites for hydroxylation is 1. The number of nitriles is 1. The Hall–Kier alpha value is -3.28. The van der Waals surface area contributed by atoms with Gasteiger partial charge in [-0.05, 0) is 36.8 Å². The smallest absolute Gasteiger partial charge is 0.417 e. The largest absolute Gasteiger partial charge is 0.477 e. The average molecular weight is 509 g/mol. The summed E-state index contributed by atoms with van der Waals surface area (Å²) in [5, 5.41) is 10.4. The number of carbonyl (C=O) groups excluding carboxylic acids is 1. The number of nitrogens with zero attached hydrogens (tertiary/aromatic N) is 2. The molecule has 0 amide bonds. The van der Waals surface area contributed by atoms with Crippen LogP contribution in [0.1, 0.15) is 23.1 Å². The van der Waals surface area contributed by atoms with Crippen LogP contribution in [0.2, 0.25) is 10.0 Å². The van der Waals surface area contributed by atoms with Crippen molar-refractivity contribution in [2.75, 3.05) is 6.61 Å². The number of alkyl halides is 3. The van der Waals surface area contributed by atoms with E-state index in [0.717, 1.165) is 17.7 Å². The zero-order valence-corrected chi connectivity index (χ0v) is 19.2. The Kier molecular flexibility index (Phi) is 7.70. The molecule has 1 heterocycles. The topological polar surface area (TPSA) is 72.2 Å². The zero-order chi connectivity index (χ0) is 24.9. The van der Waals surface area contributed by atoms with E-state index >= 15 is 0 Å². The Morgan fingerprint density at radius 1 is 1.09 bits per heavy atom. The third kappa shape index (κ3) is 5.61. The lowest BCUT2D eigenvalue weighted by Crippen LogP contribution is -2.41. The van der Waals surface area contributed by atoms with E-state index < -0.39 is 23.1 Å². The lowest BCUT2D eigenvalue weighted by molar-refractivity contribution is -0.137. The minimum atomic E-state index is -4.53. The van der Waals surface area contributed by atoms with Crippen LogP contribution in [0.4, 0.5) is 13.2 Å². The molecule has 0 saturated carbocycles. The first-order valence-electron chi connectivity index (χ1n) is 9.87. The monoisotopic (exact) mass is 508 g/mol. The third-order valence-electron chi connectivity index (χ3n) is 4.80. The molecule has 0 aliphatic rings. The molecule has 3 aromatic rings. The Morgan fingerprint density at radius 3 is 2.41 bits per heavy atom. The quantitative estimate of drug-likeness (QED) is 0.344. The van der Waals surface area contributed by atoms with Crippen molar-refractivity contribution in [3.8, 4) is 17.7 Å². The van der Waals surface area contributed by atoms with Gasteiger partial charge < -0.3 is 9.47 Å². The molecule has 0 fully saturated rings. The normalized spacial score (nSPS) is 13.0. The summed E-state index contributed by atoms with van der Waals surface area (Å²) in [4.78, 5) is 16.9. The molecule has 0 aliphatic heterocycles. The van der Waals surface area contributed by atoms with Crippen LogP contribution in [0.25, 0.3) is 0 Å². The van der Waals surface area contributed by atoms with Gasteiger partial charge in [-0.25, -0.2) is 4.98 Å². The zero-order valence-electron chi connectivity index (χ0n) is 17.7. The average Bonchev–Trinajstić information content (AvgIpc) is 2.79. The van der Waals surface area contributed by atoms with Crippen LogP contribution < -0.4 is 9.47 Å². The Morgan fingerprint density at radius 2 is 1.82 bits per heavy atom. The Labute approximate surface area is 203 Å². The van der Waals surface area contributed by atoms with Crippen LogP contribution in [0.5, 0.6) is 11.6 Å². The predicted molar refractivity (Wildman–Crippen MR) is 120 cm³/mol. The lowest BCUT2D eigenvalue weighted by atomic mass is 9.88. The Balaban J connectivity index is 1.86. The molecular formula is C24H17Cl2F3N2O3. The molecule has 2 aromatic carbocycles. The van der Waals surface area contributed by atoms with E-state index in [2.05, 4.69) is 4.98 Å². The number of Topliss-reactive ketones (excluding diaryl/α,β-unsaturated/α-hetero) is 1. The third-order valence-corrected chi connectivity index (χ3v) is 5.42. The van der Waals surface area contributed by atoms with Crippen molar-refractivity contribution in [3.63, 3.8) is 0 Å². The van der Waals surface area contributed by atoms with Crippen molar-refractivity contribution in [1.82, 2.24) is 4.98 Å². The number of hydrogen-bond acceptors (Lipinski definition) is 5. The number of pyridine rings is 1. The molecule has 0 bridgehead atoms. The number of hydrogen-bond donors (Lipinski definition) is 0. The molecule has 1 unspecified atom stereocenters.